The van der Waals surface area contributed by atoms with Gasteiger partial charge in [-0.3, -0.25) is 4.79 Å². The smallest absolute Gasteiger partial charge is 0.212 e. The molecule has 0 radical (unpaired) electrons. The number of Topliss-reactive ketones (excluding diaryl/α,β-unsaturated/α-hetero) is 1. The van der Waals surface area contributed by atoms with E-state index in [0.29, 0.717) is 12.8 Å². The lowest BCUT2D eigenvalue weighted by Gasteiger charge is -2.36. The fourth-order valence-electron chi connectivity index (χ4n) is 5.76. The minimum atomic E-state index is -3.67. The van der Waals surface area contributed by atoms with E-state index in [-0.39, 0.29) is 29.4 Å². The van der Waals surface area contributed by atoms with Crippen molar-refractivity contribution in [3.05, 3.63) is 72.4 Å². The number of sulfonamides is 1. The zero-order valence-electron chi connectivity index (χ0n) is 19.0. The topological polar surface area (TPSA) is 81.1 Å². The Morgan fingerprint density at radius 1 is 1.06 bits per heavy atom. The molecule has 5 rings (SSSR count). The summed E-state index contributed by atoms with van der Waals surface area (Å²) in [5.74, 6) is 0.250. The molecule has 2 unspecified atom stereocenters. The minimum absolute atomic E-state index is 0.107. The largest absolute Gasteiger partial charge is 0.299 e. The Balaban J connectivity index is 1.42. The van der Waals surface area contributed by atoms with Crippen molar-refractivity contribution in [2.45, 2.75) is 39.7 Å². The summed E-state index contributed by atoms with van der Waals surface area (Å²) in [6.07, 6.45) is 3.96. The number of nitrogens with one attached hydrogen (secondary N) is 1. The highest BCUT2D eigenvalue weighted by Crippen LogP contribution is 2.64. The van der Waals surface area contributed by atoms with Crippen LogP contribution in [0.3, 0.4) is 0 Å². The van der Waals surface area contributed by atoms with E-state index in [1.54, 1.807) is 4.68 Å². The van der Waals surface area contributed by atoms with E-state index in [2.05, 4.69) is 18.6 Å². The molecule has 0 saturated heterocycles. The Hall–Kier alpha value is -2.77. The highest BCUT2D eigenvalue weighted by molar-refractivity contribution is 7.89. The maximum atomic E-state index is 13.2. The van der Waals surface area contributed by atoms with Crippen LogP contribution in [0.1, 0.15) is 38.7 Å². The van der Waals surface area contributed by atoms with Crippen LogP contribution in [0.15, 0.2) is 66.9 Å². The normalized spacial score (nSPS) is 23.8. The molecule has 1 aromatic heterocycles. The van der Waals surface area contributed by atoms with Gasteiger partial charge < -0.3 is 0 Å². The van der Waals surface area contributed by atoms with Gasteiger partial charge in [-0.25, -0.2) is 17.8 Å². The molecule has 3 aromatic rings. The van der Waals surface area contributed by atoms with E-state index in [9.17, 15) is 13.2 Å². The highest BCUT2D eigenvalue weighted by Gasteiger charge is 2.65. The van der Waals surface area contributed by atoms with Crippen LogP contribution in [0.2, 0.25) is 0 Å². The van der Waals surface area contributed by atoms with Gasteiger partial charge >= 0.3 is 0 Å². The number of benzene rings is 2. The fourth-order valence-corrected chi connectivity index (χ4v) is 7.57. The van der Waals surface area contributed by atoms with Crippen LogP contribution in [0.4, 0.5) is 0 Å². The van der Waals surface area contributed by atoms with Crippen molar-refractivity contribution in [2.75, 3.05) is 5.75 Å². The van der Waals surface area contributed by atoms with Crippen molar-refractivity contribution < 1.29 is 13.2 Å². The minimum Gasteiger partial charge on any atom is -0.299 e. The molecule has 2 aliphatic rings. The van der Waals surface area contributed by atoms with Crippen LogP contribution in [-0.2, 0) is 21.4 Å². The second-order valence-corrected chi connectivity index (χ2v) is 11.7. The molecule has 0 spiro atoms. The number of carbonyl (C=O) groups excluding carboxylic acids is 1. The summed E-state index contributed by atoms with van der Waals surface area (Å²) < 4.78 is 31.0. The van der Waals surface area contributed by atoms with Crippen LogP contribution in [0.25, 0.3) is 16.9 Å². The Morgan fingerprint density at radius 2 is 1.73 bits per heavy atom. The fraction of sp³-hybridized carbons (Fsp3) is 0.385. The average molecular weight is 464 g/mol. The third kappa shape index (κ3) is 3.73. The first-order valence-electron chi connectivity index (χ1n) is 11.4. The second kappa shape index (κ2) is 7.92. The number of hydrogen-bond acceptors (Lipinski definition) is 4. The third-order valence-electron chi connectivity index (χ3n) is 7.92. The summed E-state index contributed by atoms with van der Waals surface area (Å²) >= 11 is 0. The van der Waals surface area contributed by atoms with Gasteiger partial charge in [0.05, 0.1) is 17.1 Å². The number of hydrogen-bond donors (Lipinski definition) is 1. The maximum Gasteiger partial charge on any atom is 0.212 e. The molecule has 6 nitrogen and oxygen atoms in total. The second-order valence-electron chi connectivity index (χ2n) is 9.90. The van der Waals surface area contributed by atoms with Crippen molar-refractivity contribution in [3.63, 3.8) is 0 Å². The zero-order chi connectivity index (χ0) is 23.3. The lowest BCUT2D eigenvalue weighted by atomic mass is 9.70. The Morgan fingerprint density at radius 3 is 2.33 bits per heavy atom. The van der Waals surface area contributed by atoms with Gasteiger partial charge in [0.2, 0.25) is 10.0 Å². The molecular weight excluding hydrogens is 434 g/mol. The molecule has 2 aliphatic carbocycles. The van der Waals surface area contributed by atoms with Crippen LogP contribution in [0, 0.1) is 16.7 Å². The summed E-state index contributed by atoms with van der Waals surface area (Å²) in [6, 6.07) is 19.5. The number of aromatic nitrogens is 2. The first-order valence-corrected chi connectivity index (χ1v) is 13.1. The molecule has 1 heterocycles. The summed E-state index contributed by atoms with van der Waals surface area (Å²) in [5, 5.41) is 4.75. The van der Waals surface area contributed by atoms with E-state index in [1.165, 1.54) is 0 Å². The highest BCUT2D eigenvalue weighted by atomic mass is 32.2. The maximum absolute atomic E-state index is 13.2. The number of rotatable bonds is 7. The molecule has 172 valence electrons. The predicted octanol–water partition coefficient (Wildman–Crippen LogP) is 4.35. The number of nitrogens with zero attached hydrogens (tertiary/aromatic N) is 2. The Kier molecular flexibility index (Phi) is 5.29. The average Bonchev–Trinajstić information content (AvgIpc) is 3.39. The van der Waals surface area contributed by atoms with Gasteiger partial charge in [0.15, 0.2) is 0 Å². The molecule has 2 aromatic carbocycles. The van der Waals surface area contributed by atoms with Gasteiger partial charge in [0.25, 0.3) is 0 Å². The Labute approximate surface area is 195 Å². The van der Waals surface area contributed by atoms with Gasteiger partial charge in [-0.05, 0) is 36.3 Å². The summed E-state index contributed by atoms with van der Waals surface area (Å²) in [6.45, 7) is 4.23. The van der Waals surface area contributed by atoms with Crippen molar-refractivity contribution in [2.24, 2.45) is 16.7 Å². The van der Waals surface area contributed by atoms with Crippen molar-refractivity contribution in [1.29, 1.82) is 0 Å². The lowest BCUT2D eigenvalue weighted by molar-refractivity contribution is -0.128. The van der Waals surface area contributed by atoms with Gasteiger partial charge in [-0.1, -0.05) is 62.4 Å². The number of ketones is 1. The number of para-hydroxylation sites is 1. The number of carbonyl (C=O) groups is 1. The van der Waals surface area contributed by atoms with Crippen molar-refractivity contribution in [3.8, 4) is 16.9 Å². The first-order chi connectivity index (χ1) is 15.7. The van der Waals surface area contributed by atoms with Crippen LogP contribution < -0.4 is 4.72 Å². The lowest BCUT2D eigenvalue weighted by Crippen LogP contribution is -2.45. The van der Waals surface area contributed by atoms with Gasteiger partial charge in [0, 0.05) is 35.7 Å². The van der Waals surface area contributed by atoms with E-state index in [1.807, 2.05) is 66.9 Å². The molecule has 0 amide bonds. The standard InChI is InChI=1S/C26H29N3O3S/c1-25(2)21-13-14-26(25,23(30)15-21)18-33(31,32)27-16-20-17-29(22-11-7-4-8-12-22)28-24(20)19-9-5-3-6-10-19/h3-12,17,21,27H,13-16,18H2,1-2H3. The molecule has 2 fully saturated rings. The molecule has 33 heavy (non-hydrogen) atoms. The summed E-state index contributed by atoms with van der Waals surface area (Å²) in [4.78, 5) is 12.8. The monoisotopic (exact) mass is 463 g/mol. The predicted molar refractivity (Wildman–Crippen MR) is 128 cm³/mol. The van der Waals surface area contributed by atoms with Crippen LogP contribution in [0.5, 0.6) is 0 Å². The quantitative estimate of drug-likeness (QED) is 0.565. The molecular formula is C26H29N3O3S. The summed E-state index contributed by atoms with van der Waals surface area (Å²) in [7, 11) is -3.67. The molecule has 2 saturated carbocycles. The zero-order valence-corrected chi connectivity index (χ0v) is 19.8. The third-order valence-corrected chi connectivity index (χ3v) is 9.37. The molecule has 7 heteroatoms. The van der Waals surface area contributed by atoms with Crippen LogP contribution >= 0.6 is 0 Å². The number of fused-ring (bicyclic) bond motifs is 2. The van der Waals surface area contributed by atoms with Gasteiger partial charge in [0.1, 0.15) is 5.78 Å². The van der Waals surface area contributed by atoms with Crippen molar-refractivity contribution >= 4 is 15.8 Å². The van der Waals surface area contributed by atoms with Crippen LogP contribution in [-0.4, -0.2) is 29.7 Å². The van der Waals surface area contributed by atoms with E-state index < -0.39 is 15.4 Å². The van der Waals surface area contributed by atoms with E-state index in [0.717, 1.165) is 28.9 Å². The molecule has 2 bridgehead atoms. The molecule has 0 aliphatic heterocycles. The van der Waals surface area contributed by atoms with Gasteiger partial charge in [-0.15, -0.1) is 0 Å². The van der Waals surface area contributed by atoms with Gasteiger partial charge in [-0.2, -0.15) is 5.10 Å². The SMILES string of the molecule is CC1(C)C2CCC1(CS(=O)(=O)NCc1cn(-c3ccccc3)nc1-c1ccccc1)C(=O)C2. The first kappa shape index (κ1) is 22.0. The van der Waals surface area contributed by atoms with E-state index in [4.69, 9.17) is 5.10 Å². The summed E-state index contributed by atoms with van der Waals surface area (Å²) in [5.41, 5.74) is 2.28. The molecule has 2 atom stereocenters. The molecule has 1 N–H and O–H groups in total. The van der Waals surface area contributed by atoms with E-state index >= 15 is 0 Å². The van der Waals surface area contributed by atoms with Crippen molar-refractivity contribution in [1.82, 2.24) is 14.5 Å². The Bertz CT molecular complexity index is 1280.